The van der Waals surface area contributed by atoms with E-state index in [0.717, 1.165) is 11.3 Å². The molecule has 2 aromatic heterocycles. The maximum atomic E-state index is 5.22. The van der Waals surface area contributed by atoms with Crippen LogP contribution in [0.25, 0.3) is 11.6 Å². The smallest absolute Gasteiger partial charge is 0.276 e. The number of benzene rings is 1. The van der Waals surface area contributed by atoms with Crippen LogP contribution in [0.5, 0.6) is 5.75 Å². The van der Waals surface area contributed by atoms with Gasteiger partial charge in [0.05, 0.1) is 7.11 Å². The number of rotatable bonds is 4. The van der Waals surface area contributed by atoms with Crippen molar-refractivity contribution in [2.75, 3.05) is 7.11 Å². The van der Waals surface area contributed by atoms with E-state index in [9.17, 15) is 0 Å². The van der Waals surface area contributed by atoms with Crippen molar-refractivity contribution in [2.45, 2.75) is 6.42 Å². The van der Waals surface area contributed by atoms with E-state index in [1.807, 2.05) is 42.5 Å². The molecule has 3 rings (SSSR count). The van der Waals surface area contributed by atoms with Gasteiger partial charge in [-0.1, -0.05) is 23.4 Å². The Labute approximate surface area is 116 Å². The van der Waals surface area contributed by atoms with Gasteiger partial charge in [-0.2, -0.15) is 4.98 Å². The van der Waals surface area contributed by atoms with Gasteiger partial charge in [-0.3, -0.25) is 4.98 Å². The average Bonchev–Trinajstić information content (AvgIpc) is 2.97. The van der Waals surface area contributed by atoms with E-state index >= 15 is 0 Å². The first-order valence-electron chi connectivity index (χ1n) is 6.22. The van der Waals surface area contributed by atoms with Crippen LogP contribution in [-0.2, 0) is 6.42 Å². The monoisotopic (exact) mass is 267 g/mol. The first-order chi connectivity index (χ1) is 9.85. The van der Waals surface area contributed by atoms with Crippen molar-refractivity contribution in [1.82, 2.24) is 15.1 Å². The molecule has 100 valence electrons. The predicted molar refractivity (Wildman–Crippen MR) is 73.3 cm³/mol. The molecule has 5 nitrogen and oxygen atoms in total. The quantitative estimate of drug-likeness (QED) is 0.727. The third-order valence-corrected chi connectivity index (χ3v) is 2.87. The summed E-state index contributed by atoms with van der Waals surface area (Å²) in [5, 5.41) is 3.97. The molecule has 0 N–H and O–H groups in total. The van der Waals surface area contributed by atoms with Gasteiger partial charge < -0.3 is 9.26 Å². The van der Waals surface area contributed by atoms with E-state index in [4.69, 9.17) is 9.26 Å². The lowest BCUT2D eigenvalue weighted by molar-refractivity contribution is 0.414. The second-order valence-electron chi connectivity index (χ2n) is 4.26. The summed E-state index contributed by atoms with van der Waals surface area (Å²) in [5.74, 6) is 1.90. The zero-order chi connectivity index (χ0) is 13.8. The van der Waals surface area contributed by atoms with Gasteiger partial charge in [0.15, 0.2) is 5.82 Å². The third-order valence-electron chi connectivity index (χ3n) is 2.87. The molecule has 0 atom stereocenters. The third kappa shape index (κ3) is 2.66. The van der Waals surface area contributed by atoms with Crippen molar-refractivity contribution in [3.05, 3.63) is 60.0 Å². The Balaban J connectivity index is 1.77. The molecule has 0 saturated carbocycles. The Hall–Kier alpha value is -2.69. The van der Waals surface area contributed by atoms with Crippen molar-refractivity contribution >= 4 is 0 Å². The highest BCUT2D eigenvalue weighted by Gasteiger charge is 2.09. The van der Waals surface area contributed by atoms with Crippen molar-refractivity contribution < 1.29 is 9.26 Å². The molecule has 0 aliphatic rings. The molecular weight excluding hydrogens is 254 g/mol. The molecule has 0 radical (unpaired) electrons. The minimum absolute atomic E-state index is 0.439. The molecule has 0 aliphatic carbocycles. The van der Waals surface area contributed by atoms with Crippen LogP contribution < -0.4 is 4.74 Å². The van der Waals surface area contributed by atoms with Gasteiger partial charge in [0, 0.05) is 12.6 Å². The van der Waals surface area contributed by atoms with Crippen molar-refractivity contribution in [1.29, 1.82) is 0 Å². The van der Waals surface area contributed by atoms with Gasteiger partial charge in [-0.25, -0.2) is 0 Å². The van der Waals surface area contributed by atoms with E-state index < -0.39 is 0 Å². The summed E-state index contributed by atoms with van der Waals surface area (Å²) in [4.78, 5) is 8.53. The summed E-state index contributed by atoms with van der Waals surface area (Å²) in [7, 11) is 1.65. The van der Waals surface area contributed by atoms with Gasteiger partial charge in [-0.15, -0.1) is 0 Å². The molecule has 0 spiro atoms. The highest BCUT2D eigenvalue weighted by Crippen LogP contribution is 2.16. The second kappa shape index (κ2) is 5.52. The zero-order valence-electron chi connectivity index (χ0n) is 11.0. The van der Waals surface area contributed by atoms with E-state index in [0.29, 0.717) is 23.8 Å². The number of methoxy groups -OCH3 is 1. The number of hydrogen-bond donors (Lipinski definition) is 0. The largest absolute Gasteiger partial charge is 0.497 e. The van der Waals surface area contributed by atoms with Crippen LogP contribution in [0.1, 0.15) is 11.4 Å². The zero-order valence-corrected chi connectivity index (χ0v) is 11.0. The van der Waals surface area contributed by atoms with E-state index in [1.165, 1.54) is 0 Å². The summed E-state index contributed by atoms with van der Waals surface area (Å²) < 4.78 is 10.3. The van der Waals surface area contributed by atoms with Crippen LogP contribution in [0.3, 0.4) is 0 Å². The summed E-state index contributed by atoms with van der Waals surface area (Å²) in [5.41, 5.74) is 1.78. The summed E-state index contributed by atoms with van der Waals surface area (Å²) in [6.45, 7) is 0. The molecule has 5 heteroatoms. The number of hydrogen-bond acceptors (Lipinski definition) is 5. The summed E-state index contributed by atoms with van der Waals surface area (Å²) >= 11 is 0. The first kappa shape index (κ1) is 12.3. The number of aromatic nitrogens is 3. The average molecular weight is 267 g/mol. The Bertz CT molecular complexity index is 678. The highest BCUT2D eigenvalue weighted by atomic mass is 16.5. The summed E-state index contributed by atoms with van der Waals surface area (Å²) in [6, 6.07) is 13.4. The standard InChI is InChI=1S/C15H13N3O2/c1-19-12-7-5-11(6-8-12)10-14-17-15(20-18-14)13-4-2-3-9-16-13/h2-9H,10H2,1H3. The van der Waals surface area contributed by atoms with Gasteiger partial charge in [0.25, 0.3) is 5.89 Å². The van der Waals surface area contributed by atoms with Crippen LogP contribution in [-0.4, -0.2) is 22.2 Å². The molecule has 0 amide bonds. The van der Waals surface area contributed by atoms with Gasteiger partial charge in [0.1, 0.15) is 11.4 Å². The summed E-state index contributed by atoms with van der Waals surface area (Å²) in [6.07, 6.45) is 2.31. The van der Waals surface area contributed by atoms with Crippen LogP contribution in [0.2, 0.25) is 0 Å². The molecule has 20 heavy (non-hydrogen) atoms. The van der Waals surface area contributed by atoms with E-state index in [1.54, 1.807) is 13.3 Å². The van der Waals surface area contributed by atoms with Crippen molar-refractivity contribution in [2.24, 2.45) is 0 Å². The van der Waals surface area contributed by atoms with Crippen LogP contribution in [0.4, 0.5) is 0 Å². The maximum absolute atomic E-state index is 5.22. The minimum Gasteiger partial charge on any atom is -0.497 e. The van der Waals surface area contributed by atoms with Crippen molar-refractivity contribution in [3.8, 4) is 17.3 Å². The Morgan fingerprint density at radius 1 is 1.10 bits per heavy atom. The number of pyridine rings is 1. The van der Waals surface area contributed by atoms with Crippen LogP contribution >= 0.6 is 0 Å². The molecule has 0 saturated heterocycles. The SMILES string of the molecule is COc1ccc(Cc2noc(-c3ccccn3)n2)cc1. The minimum atomic E-state index is 0.439. The van der Waals surface area contributed by atoms with Crippen LogP contribution in [0, 0.1) is 0 Å². The fourth-order valence-corrected chi connectivity index (χ4v) is 1.85. The number of nitrogens with zero attached hydrogens (tertiary/aromatic N) is 3. The fraction of sp³-hybridized carbons (Fsp3) is 0.133. The van der Waals surface area contributed by atoms with E-state index in [2.05, 4.69) is 15.1 Å². The molecule has 2 heterocycles. The van der Waals surface area contributed by atoms with Gasteiger partial charge in [0.2, 0.25) is 0 Å². The molecule has 0 aliphatic heterocycles. The Kier molecular flexibility index (Phi) is 3.41. The molecular formula is C15H13N3O2. The lowest BCUT2D eigenvalue weighted by Crippen LogP contribution is -1.91. The first-order valence-corrected chi connectivity index (χ1v) is 6.22. The van der Waals surface area contributed by atoms with Gasteiger partial charge >= 0.3 is 0 Å². The number of ether oxygens (including phenoxy) is 1. The van der Waals surface area contributed by atoms with E-state index in [-0.39, 0.29) is 0 Å². The predicted octanol–water partition coefficient (Wildman–Crippen LogP) is 2.73. The maximum Gasteiger partial charge on any atom is 0.276 e. The Morgan fingerprint density at radius 2 is 1.95 bits per heavy atom. The topological polar surface area (TPSA) is 61.0 Å². The van der Waals surface area contributed by atoms with Crippen LogP contribution in [0.15, 0.2) is 53.2 Å². The fourth-order valence-electron chi connectivity index (χ4n) is 1.85. The lowest BCUT2D eigenvalue weighted by atomic mass is 10.1. The normalized spacial score (nSPS) is 10.4. The molecule has 0 unspecified atom stereocenters. The van der Waals surface area contributed by atoms with Gasteiger partial charge in [-0.05, 0) is 29.8 Å². The molecule has 0 fully saturated rings. The highest BCUT2D eigenvalue weighted by molar-refractivity contribution is 5.45. The second-order valence-corrected chi connectivity index (χ2v) is 4.26. The van der Waals surface area contributed by atoms with Crippen molar-refractivity contribution in [3.63, 3.8) is 0 Å². The molecule has 1 aromatic carbocycles. The Morgan fingerprint density at radius 3 is 2.65 bits per heavy atom. The lowest BCUT2D eigenvalue weighted by Gasteiger charge is -2.00. The molecule has 0 bridgehead atoms. The molecule has 3 aromatic rings.